The summed E-state index contributed by atoms with van der Waals surface area (Å²) in [6.45, 7) is 5.23. The van der Waals surface area contributed by atoms with Crippen LogP contribution in [0.1, 0.15) is 12.5 Å². The molecule has 1 aromatic carbocycles. The largest absolute Gasteiger partial charge is 0.461 e. The second kappa shape index (κ2) is 8.80. The molecule has 0 spiro atoms. The molecular weight excluding hydrogens is 226 g/mol. The van der Waals surface area contributed by atoms with E-state index in [9.17, 15) is 4.79 Å². The molecule has 0 atom stereocenters. The molecule has 0 aliphatic rings. The Morgan fingerprint density at radius 1 is 1.44 bits per heavy atom. The standard InChI is InChI=1S/C7H7Cl.C5H9NO2/c8-6-7-4-2-1-3-5-7;1-3-8-5(7)4(2)6/h1-5H,6H2;2-3,6H2,1H3. The molecule has 1 rings (SSSR count). The Labute approximate surface area is 101 Å². The van der Waals surface area contributed by atoms with Crippen LogP contribution < -0.4 is 5.73 Å². The Morgan fingerprint density at radius 2 is 2.00 bits per heavy atom. The lowest BCUT2D eigenvalue weighted by Crippen LogP contribution is -2.12. The van der Waals surface area contributed by atoms with Crippen LogP contribution in [0.15, 0.2) is 42.6 Å². The van der Waals surface area contributed by atoms with Crippen molar-refractivity contribution in [2.45, 2.75) is 12.8 Å². The predicted octanol–water partition coefficient (Wildman–Crippen LogP) is 2.45. The number of carbonyl (C=O) groups is 1. The van der Waals surface area contributed by atoms with E-state index in [1.54, 1.807) is 6.92 Å². The van der Waals surface area contributed by atoms with E-state index < -0.39 is 5.97 Å². The van der Waals surface area contributed by atoms with Crippen LogP contribution in [0.5, 0.6) is 0 Å². The lowest BCUT2D eigenvalue weighted by Gasteiger charge is -1.96. The molecule has 0 radical (unpaired) electrons. The first-order valence-corrected chi connectivity index (χ1v) is 5.36. The van der Waals surface area contributed by atoms with E-state index in [-0.39, 0.29) is 5.70 Å². The van der Waals surface area contributed by atoms with E-state index in [1.165, 1.54) is 5.56 Å². The summed E-state index contributed by atoms with van der Waals surface area (Å²) < 4.78 is 4.44. The summed E-state index contributed by atoms with van der Waals surface area (Å²) in [5.41, 5.74) is 6.08. The fourth-order valence-corrected chi connectivity index (χ4v) is 0.969. The fraction of sp³-hybridized carbons (Fsp3) is 0.250. The molecule has 3 nitrogen and oxygen atoms in total. The summed E-state index contributed by atoms with van der Waals surface area (Å²) in [6, 6.07) is 9.96. The van der Waals surface area contributed by atoms with Crippen LogP contribution in [-0.2, 0) is 15.4 Å². The molecule has 0 amide bonds. The van der Waals surface area contributed by atoms with Gasteiger partial charge in [0.1, 0.15) is 5.70 Å². The van der Waals surface area contributed by atoms with Gasteiger partial charge in [-0.05, 0) is 12.5 Å². The van der Waals surface area contributed by atoms with Gasteiger partial charge in [-0.3, -0.25) is 0 Å². The minimum absolute atomic E-state index is 0.0492. The third-order valence-corrected chi connectivity index (χ3v) is 1.84. The number of carbonyl (C=O) groups excluding carboxylic acids is 1. The number of rotatable bonds is 3. The summed E-state index contributed by atoms with van der Waals surface area (Å²) in [5.74, 6) is 0.0772. The molecule has 0 aliphatic heterocycles. The first-order valence-electron chi connectivity index (χ1n) is 4.83. The van der Waals surface area contributed by atoms with Gasteiger partial charge in [0, 0.05) is 5.88 Å². The van der Waals surface area contributed by atoms with Gasteiger partial charge in [0.2, 0.25) is 0 Å². The first-order chi connectivity index (χ1) is 7.61. The van der Waals surface area contributed by atoms with E-state index >= 15 is 0 Å². The average molecular weight is 242 g/mol. The van der Waals surface area contributed by atoms with Crippen LogP contribution in [0.3, 0.4) is 0 Å². The van der Waals surface area contributed by atoms with Gasteiger partial charge in [0.15, 0.2) is 0 Å². The van der Waals surface area contributed by atoms with Crippen molar-refractivity contribution in [1.29, 1.82) is 0 Å². The minimum Gasteiger partial charge on any atom is -0.461 e. The molecule has 0 saturated carbocycles. The molecule has 1 aromatic rings. The van der Waals surface area contributed by atoms with Gasteiger partial charge in [-0.25, -0.2) is 4.79 Å². The number of hydrogen-bond acceptors (Lipinski definition) is 3. The number of halogens is 1. The topological polar surface area (TPSA) is 52.3 Å². The maximum atomic E-state index is 10.3. The molecule has 4 heteroatoms. The van der Waals surface area contributed by atoms with Gasteiger partial charge in [-0.2, -0.15) is 0 Å². The number of alkyl halides is 1. The number of ether oxygens (including phenoxy) is 1. The SMILES string of the molecule is C=C(N)C(=O)OCC.ClCc1ccccc1. The number of hydrogen-bond donors (Lipinski definition) is 1. The summed E-state index contributed by atoms with van der Waals surface area (Å²) in [4.78, 5) is 10.3. The third kappa shape index (κ3) is 6.90. The maximum absolute atomic E-state index is 10.3. The smallest absolute Gasteiger partial charge is 0.353 e. The molecule has 0 saturated heterocycles. The van der Waals surface area contributed by atoms with Gasteiger partial charge in [0.05, 0.1) is 6.61 Å². The quantitative estimate of drug-likeness (QED) is 0.502. The molecule has 0 aromatic heterocycles. The van der Waals surface area contributed by atoms with Crippen molar-refractivity contribution in [3.05, 3.63) is 48.2 Å². The lowest BCUT2D eigenvalue weighted by molar-refractivity contribution is -0.138. The highest BCUT2D eigenvalue weighted by Crippen LogP contribution is 2.00. The van der Waals surface area contributed by atoms with E-state index in [1.807, 2.05) is 30.3 Å². The Hall–Kier alpha value is -1.48. The zero-order valence-corrected chi connectivity index (χ0v) is 10.0. The summed E-state index contributed by atoms with van der Waals surface area (Å²) in [6.07, 6.45) is 0. The monoisotopic (exact) mass is 241 g/mol. The van der Waals surface area contributed by atoms with Crippen molar-refractivity contribution in [2.24, 2.45) is 5.73 Å². The fourth-order valence-electron chi connectivity index (χ4n) is 0.791. The molecule has 88 valence electrons. The van der Waals surface area contributed by atoms with Gasteiger partial charge in [-0.15, -0.1) is 11.6 Å². The van der Waals surface area contributed by atoms with E-state index in [0.29, 0.717) is 12.5 Å². The zero-order chi connectivity index (χ0) is 12.4. The normalized spacial score (nSPS) is 8.62. The highest BCUT2D eigenvalue weighted by Gasteiger charge is 1.99. The molecule has 0 fully saturated rings. The lowest BCUT2D eigenvalue weighted by atomic mass is 10.2. The molecule has 0 heterocycles. The second-order valence-electron chi connectivity index (χ2n) is 2.86. The molecule has 16 heavy (non-hydrogen) atoms. The molecule has 0 bridgehead atoms. The summed E-state index contributed by atoms with van der Waals surface area (Å²) in [7, 11) is 0. The Morgan fingerprint density at radius 3 is 2.25 bits per heavy atom. The van der Waals surface area contributed by atoms with Crippen LogP contribution in [0.4, 0.5) is 0 Å². The van der Waals surface area contributed by atoms with Crippen molar-refractivity contribution in [3.63, 3.8) is 0 Å². The summed E-state index contributed by atoms with van der Waals surface area (Å²) in [5, 5.41) is 0. The zero-order valence-electron chi connectivity index (χ0n) is 9.28. The Balaban J connectivity index is 0.000000281. The van der Waals surface area contributed by atoms with Gasteiger partial charge >= 0.3 is 5.97 Å². The third-order valence-electron chi connectivity index (χ3n) is 1.53. The van der Waals surface area contributed by atoms with Gasteiger partial charge < -0.3 is 10.5 Å². The minimum atomic E-state index is -0.535. The van der Waals surface area contributed by atoms with Crippen LogP contribution in [0.2, 0.25) is 0 Å². The molecular formula is C12H16ClNO2. The number of benzene rings is 1. The Bertz CT molecular complexity index is 325. The van der Waals surface area contributed by atoms with Crippen LogP contribution in [-0.4, -0.2) is 12.6 Å². The van der Waals surface area contributed by atoms with Crippen LogP contribution >= 0.6 is 11.6 Å². The second-order valence-corrected chi connectivity index (χ2v) is 3.13. The average Bonchev–Trinajstić information content (AvgIpc) is 2.31. The van der Waals surface area contributed by atoms with Crippen molar-refractivity contribution >= 4 is 17.6 Å². The first kappa shape index (κ1) is 14.5. The van der Waals surface area contributed by atoms with Gasteiger partial charge in [0.25, 0.3) is 0 Å². The van der Waals surface area contributed by atoms with E-state index in [2.05, 4.69) is 11.3 Å². The van der Waals surface area contributed by atoms with Gasteiger partial charge in [-0.1, -0.05) is 36.9 Å². The maximum Gasteiger partial charge on any atom is 0.353 e. The Kier molecular flexibility index (Phi) is 7.98. The number of nitrogens with two attached hydrogens (primary N) is 1. The van der Waals surface area contributed by atoms with Crippen molar-refractivity contribution in [2.75, 3.05) is 6.61 Å². The van der Waals surface area contributed by atoms with Crippen molar-refractivity contribution < 1.29 is 9.53 Å². The highest BCUT2D eigenvalue weighted by atomic mass is 35.5. The highest BCUT2D eigenvalue weighted by molar-refractivity contribution is 6.17. The van der Waals surface area contributed by atoms with Crippen LogP contribution in [0, 0.1) is 0 Å². The molecule has 0 aliphatic carbocycles. The van der Waals surface area contributed by atoms with E-state index in [4.69, 9.17) is 17.3 Å². The molecule has 2 N–H and O–H groups in total. The molecule has 0 unspecified atom stereocenters. The number of esters is 1. The van der Waals surface area contributed by atoms with Crippen molar-refractivity contribution in [1.82, 2.24) is 0 Å². The summed E-state index contributed by atoms with van der Waals surface area (Å²) >= 11 is 5.53. The predicted molar refractivity (Wildman–Crippen MR) is 66.0 cm³/mol. The van der Waals surface area contributed by atoms with Crippen molar-refractivity contribution in [3.8, 4) is 0 Å². The van der Waals surface area contributed by atoms with Crippen LogP contribution in [0.25, 0.3) is 0 Å². The van der Waals surface area contributed by atoms with E-state index in [0.717, 1.165) is 0 Å².